The highest BCUT2D eigenvalue weighted by atomic mass is 79.9. The Bertz CT molecular complexity index is 1310. The smallest absolute Gasteiger partial charge is 0.294 e. The van der Waals surface area contributed by atoms with E-state index in [1.54, 1.807) is 12.1 Å². The molecule has 0 atom stereocenters. The zero-order valence-corrected chi connectivity index (χ0v) is 21.1. The van der Waals surface area contributed by atoms with Crippen molar-refractivity contribution in [2.45, 2.75) is 6.61 Å². The van der Waals surface area contributed by atoms with Crippen LogP contribution in [0, 0.1) is 5.82 Å². The molecule has 1 aliphatic rings. The fraction of sp³-hybridized carbons (Fsp3) is 0.0800. The van der Waals surface area contributed by atoms with E-state index in [9.17, 15) is 18.8 Å². The van der Waals surface area contributed by atoms with Gasteiger partial charge in [-0.15, -0.1) is 0 Å². The van der Waals surface area contributed by atoms with Crippen molar-refractivity contribution in [3.8, 4) is 5.75 Å². The quantitative estimate of drug-likeness (QED) is 0.326. The van der Waals surface area contributed by atoms with Crippen LogP contribution in [-0.2, 0) is 16.2 Å². The number of thioether (sulfide) groups is 1. The molecule has 0 radical (unpaired) electrons. The normalized spacial score (nSPS) is 14.5. The highest BCUT2D eigenvalue weighted by Crippen LogP contribution is 2.38. The van der Waals surface area contributed by atoms with Gasteiger partial charge in [-0.3, -0.25) is 19.3 Å². The maximum Gasteiger partial charge on any atom is 0.294 e. The predicted octanol–water partition coefficient (Wildman–Crippen LogP) is 6.50. The molecule has 0 bridgehead atoms. The van der Waals surface area contributed by atoms with Crippen molar-refractivity contribution >= 4 is 68.1 Å². The number of imide groups is 1. The Balaban J connectivity index is 1.44. The first-order chi connectivity index (χ1) is 16.8. The van der Waals surface area contributed by atoms with Crippen molar-refractivity contribution < 1.29 is 23.5 Å². The first-order valence-electron chi connectivity index (χ1n) is 10.3. The van der Waals surface area contributed by atoms with Gasteiger partial charge in [0.15, 0.2) is 5.75 Å². The van der Waals surface area contributed by atoms with Gasteiger partial charge >= 0.3 is 0 Å². The molecule has 178 valence electrons. The summed E-state index contributed by atoms with van der Waals surface area (Å²) < 4.78 is 19.7. The summed E-state index contributed by atoms with van der Waals surface area (Å²) in [4.78, 5) is 38.4. The highest BCUT2D eigenvalue weighted by Gasteiger charge is 2.36. The zero-order chi connectivity index (χ0) is 24.9. The number of rotatable bonds is 7. The van der Waals surface area contributed by atoms with E-state index in [4.69, 9.17) is 16.3 Å². The summed E-state index contributed by atoms with van der Waals surface area (Å²) in [7, 11) is 0. The number of ether oxygens (including phenoxy) is 1. The number of hydrogen-bond donors (Lipinski definition) is 1. The van der Waals surface area contributed by atoms with Gasteiger partial charge in [-0.2, -0.15) is 0 Å². The minimum absolute atomic E-state index is 0.148. The molecule has 0 unspecified atom stereocenters. The molecule has 10 heteroatoms. The largest absolute Gasteiger partial charge is 0.486 e. The standard InChI is InChI=1S/C25H17BrClFN2O4S/c26-19-9-16(10-20(27)23(19)34-14-15-5-2-1-3-6-15)11-21-24(32)30(25(33)35-21)13-22(31)29-18-8-4-7-17(28)12-18/h1-12H,13-14H2,(H,29,31)/b21-11+. The van der Waals surface area contributed by atoms with E-state index in [0.717, 1.165) is 28.3 Å². The molecule has 6 nitrogen and oxygen atoms in total. The van der Waals surface area contributed by atoms with Gasteiger partial charge < -0.3 is 10.1 Å². The zero-order valence-electron chi connectivity index (χ0n) is 18.0. The lowest BCUT2D eigenvalue weighted by Gasteiger charge is -2.12. The molecule has 1 heterocycles. The fourth-order valence-corrected chi connectivity index (χ4v) is 5.06. The molecule has 3 amide bonds. The molecule has 1 N–H and O–H groups in total. The second-order valence-electron chi connectivity index (χ2n) is 7.41. The van der Waals surface area contributed by atoms with Crippen molar-refractivity contribution in [2.75, 3.05) is 11.9 Å². The molecule has 3 aromatic carbocycles. The van der Waals surface area contributed by atoms with Crippen LogP contribution in [0.5, 0.6) is 5.75 Å². The van der Waals surface area contributed by atoms with E-state index in [2.05, 4.69) is 21.2 Å². The van der Waals surface area contributed by atoms with Gasteiger partial charge in [0.25, 0.3) is 11.1 Å². The molecule has 0 aliphatic carbocycles. The third-order valence-electron chi connectivity index (χ3n) is 4.83. The SMILES string of the molecule is O=C(CN1C(=O)S/C(=C/c2cc(Cl)c(OCc3ccccc3)c(Br)c2)C1=O)Nc1cccc(F)c1. The molecular formula is C25H17BrClFN2O4S. The Kier molecular flexibility index (Phi) is 7.90. The molecule has 1 aliphatic heterocycles. The third kappa shape index (κ3) is 6.30. The number of carbonyl (C=O) groups excluding carboxylic acids is 3. The Labute approximate surface area is 218 Å². The summed E-state index contributed by atoms with van der Waals surface area (Å²) in [5.74, 6) is -1.29. The summed E-state index contributed by atoms with van der Waals surface area (Å²) in [6.07, 6.45) is 1.52. The number of carbonyl (C=O) groups is 3. The van der Waals surface area contributed by atoms with Gasteiger partial charge in [-0.25, -0.2) is 4.39 Å². The number of anilines is 1. The lowest BCUT2D eigenvalue weighted by molar-refractivity contribution is -0.127. The molecular weight excluding hydrogens is 559 g/mol. The van der Waals surface area contributed by atoms with Crippen molar-refractivity contribution in [3.63, 3.8) is 0 Å². The van der Waals surface area contributed by atoms with Crippen molar-refractivity contribution in [2.24, 2.45) is 0 Å². The number of halogens is 3. The second-order valence-corrected chi connectivity index (χ2v) is 9.67. The topological polar surface area (TPSA) is 75.7 Å². The first kappa shape index (κ1) is 25.0. The Morgan fingerprint density at radius 2 is 1.89 bits per heavy atom. The molecule has 0 aromatic heterocycles. The third-order valence-corrected chi connectivity index (χ3v) is 6.61. The van der Waals surface area contributed by atoms with E-state index in [-0.39, 0.29) is 10.6 Å². The number of benzene rings is 3. The lowest BCUT2D eigenvalue weighted by Crippen LogP contribution is -2.36. The van der Waals surface area contributed by atoms with Crippen LogP contribution in [0.3, 0.4) is 0 Å². The minimum atomic E-state index is -0.621. The van der Waals surface area contributed by atoms with Gasteiger partial charge in [-0.1, -0.05) is 48.0 Å². The minimum Gasteiger partial charge on any atom is -0.486 e. The number of amides is 3. The van der Waals surface area contributed by atoms with Gasteiger partial charge in [-0.05, 0) is 75.2 Å². The van der Waals surface area contributed by atoms with E-state index < -0.39 is 29.4 Å². The first-order valence-corrected chi connectivity index (χ1v) is 12.3. The van der Waals surface area contributed by atoms with E-state index in [1.165, 1.54) is 24.3 Å². The Morgan fingerprint density at radius 1 is 1.11 bits per heavy atom. The van der Waals surface area contributed by atoms with Gasteiger partial charge in [0.2, 0.25) is 5.91 Å². The fourth-order valence-electron chi connectivity index (χ4n) is 3.23. The molecule has 4 rings (SSSR count). The average molecular weight is 576 g/mol. The van der Waals surface area contributed by atoms with Crippen molar-refractivity contribution in [1.82, 2.24) is 4.90 Å². The average Bonchev–Trinajstić information content (AvgIpc) is 3.06. The van der Waals surface area contributed by atoms with Gasteiger partial charge in [0.05, 0.1) is 14.4 Å². The maximum absolute atomic E-state index is 13.3. The molecule has 0 saturated carbocycles. The number of nitrogens with zero attached hydrogens (tertiary/aromatic N) is 1. The number of nitrogens with one attached hydrogen (secondary N) is 1. The second kappa shape index (κ2) is 11.1. The van der Waals surface area contributed by atoms with Crippen molar-refractivity contribution in [1.29, 1.82) is 0 Å². The molecule has 1 fully saturated rings. The predicted molar refractivity (Wildman–Crippen MR) is 138 cm³/mol. The monoisotopic (exact) mass is 574 g/mol. The van der Waals surface area contributed by atoms with Crippen LogP contribution >= 0.6 is 39.3 Å². The van der Waals surface area contributed by atoms with E-state index >= 15 is 0 Å². The maximum atomic E-state index is 13.3. The summed E-state index contributed by atoms with van der Waals surface area (Å²) in [5.41, 5.74) is 1.78. The molecule has 3 aromatic rings. The summed E-state index contributed by atoms with van der Waals surface area (Å²) in [6.45, 7) is -0.162. The van der Waals surface area contributed by atoms with E-state index in [1.807, 2.05) is 30.3 Å². The summed E-state index contributed by atoms with van der Waals surface area (Å²) in [5, 5.41) is 2.22. The van der Waals surface area contributed by atoms with Crippen LogP contribution in [0.2, 0.25) is 5.02 Å². The number of hydrogen-bond acceptors (Lipinski definition) is 5. The van der Waals surface area contributed by atoms with Crippen LogP contribution < -0.4 is 10.1 Å². The van der Waals surface area contributed by atoms with Crippen LogP contribution in [0.1, 0.15) is 11.1 Å². The summed E-state index contributed by atoms with van der Waals surface area (Å²) >= 11 is 10.6. The van der Waals surface area contributed by atoms with Gasteiger partial charge in [0.1, 0.15) is 19.0 Å². The highest BCUT2D eigenvalue weighted by molar-refractivity contribution is 9.10. The van der Waals surface area contributed by atoms with Crippen LogP contribution in [0.4, 0.5) is 14.9 Å². The lowest BCUT2D eigenvalue weighted by atomic mass is 10.2. The van der Waals surface area contributed by atoms with Gasteiger partial charge in [0, 0.05) is 5.69 Å². The Hall–Kier alpha value is -3.14. The Morgan fingerprint density at radius 3 is 2.60 bits per heavy atom. The summed E-state index contributed by atoms with van der Waals surface area (Å²) in [6, 6.07) is 18.3. The van der Waals surface area contributed by atoms with Crippen LogP contribution in [0.25, 0.3) is 6.08 Å². The van der Waals surface area contributed by atoms with Crippen molar-refractivity contribution in [3.05, 3.63) is 98.1 Å². The van der Waals surface area contributed by atoms with Crippen LogP contribution in [0.15, 0.2) is 76.1 Å². The molecule has 0 spiro atoms. The van der Waals surface area contributed by atoms with E-state index in [0.29, 0.717) is 27.4 Å². The molecule has 35 heavy (non-hydrogen) atoms. The molecule has 1 saturated heterocycles. The van der Waals surface area contributed by atoms with Crippen LogP contribution in [-0.4, -0.2) is 28.5 Å².